The number of rotatable bonds is 5. The van der Waals surface area contributed by atoms with Gasteiger partial charge < -0.3 is 10.6 Å². The highest BCUT2D eigenvalue weighted by Crippen LogP contribution is 2.20. The van der Waals surface area contributed by atoms with E-state index < -0.39 is 18.5 Å². The number of aromatic nitrogens is 6. The van der Waals surface area contributed by atoms with Gasteiger partial charge in [-0.25, -0.2) is 9.67 Å². The van der Waals surface area contributed by atoms with Gasteiger partial charge in [0.25, 0.3) is 0 Å². The van der Waals surface area contributed by atoms with Crippen LogP contribution in [0.4, 0.5) is 30.5 Å². The second-order valence-electron chi connectivity index (χ2n) is 5.28. The minimum absolute atomic E-state index is 0.125. The Hall–Kier alpha value is -3.44. The minimum atomic E-state index is -4.57. The summed E-state index contributed by atoms with van der Waals surface area (Å²) in [6.45, 7) is 0. The highest BCUT2D eigenvalue weighted by Gasteiger charge is 2.31. The maximum Gasteiger partial charge on any atom is 0.397 e. The fourth-order valence-corrected chi connectivity index (χ4v) is 2.05. The van der Waals surface area contributed by atoms with Crippen molar-refractivity contribution in [2.45, 2.75) is 12.6 Å². The highest BCUT2D eigenvalue weighted by atomic mass is 19.4. The van der Waals surface area contributed by atoms with Gasteiger partial charge in [-0.3, -0.25) is 9.48 Å². The fraction of sp³-hybridized carbons (Fsp3) is 0.214. The molecule has 0 aliphatic carbocycles. The van der Waals surface area contributed by atoms with Crippen LogP contribution in [0.15, 0.2) is 37.1 Å². The summed E-state index contributed by atoms with van der Waals surface area (Å²) in [6, 6.07) is 1.56. The number of halogens is 3. The first-order valence-corrected chi connectivity index (χ1v) is 7.29. The Morgan fingerprint density at radius 2 is 1.96 bits per heavy atom. The van der Waals surface area contributed by atoms with Crippen molar-refractivity contribution < 1.29 is 18.0 Å². The molecule has 0 bridgehead atoms. The normalized spacial score (nSPS) is 11.4. The molecule has 136 valence electrons. The van der Waals surface area contributed by atoms with Crippen molar-refractivity contribution in [3.8, 4) is 5.82 Å². The summed E-state index contributed by atoms with van der Waals surface area (Å²) >= 11 is 0. The van der Waals surface area contributed by atoms with Crippen molar-refractivity contribution in [1.29, 1.82) is 0 Å². The van der Waals surface area contributed by atoms with Gasteiger partial charge in [0.05, 0.1) is 30.0 Å². The molecule has 3 rings (SSSR count). The lowest BCUT2D eigenvalue weighted by molar-refractivity contribution is -0.150. The average molecular weight is 366 g/mol. The number of anilines is 3. The summed E-state index contributed by atoms with van der Waals surface area (Å²) in [5.74, 6) is -0.518. The van der Waals surface area contributed by atoms with Gasteiger partial charge in [0, 0.05) is 25.5 Å². The van der Waals surface area contributed by atoms with Crippen LogP contribution in [0.1, 0.15) is 6.42 Å². The van der Waals surface area contributed by atoms with Crippen LogP contribution in [-0.2, 0) is 11.8 Å². The van der Waals surface area contributed by atoms with E-state index in [1.54, 1.807) is 30.2 Å². The predicted molar refractivity (Wildman–Crippen MR) is 84.9 cm³/mol. The molecule has 0 saturated heterocycles. The number of hydrogen-bond donors (Lipinski definition) is 2. The quantitative estimate of drug-likeness (QED) is 0.716. The third-order valence-electron chi connectivity index (χ3n) is 3.06. The van der Waals surface area contributed by atoms with Gasteiger partial charge in [-0.05, 0) is 0 Å². The molecule has 0 radical (unpaired) electrons. The number of aryl methyl sites for hydroxylation is 1. The van der Waals surface area contributed by atoms with Gasteiger partial charge in [-0.15, -0.1) is 0 Å². The first kappa shape index (κ1) is 17.4. The Morgan fingerprint density at radius 1 is 1.19 bits per heavy atom. The van der Waals surface area contributed by atoms with Crippen LogP contribution in [0.25, 0.3) is 5.82 Å². The van der Waals surface area contributed by atoms with E-state index in [0.717, 1.165) is 0 Å². The fourth-order valence-electron chi connectivity index (χ4n) is 2.05. The SMILES string of the molecule is Cn1cc(Nc2nccc(-n3cc(NC(=O)CC(F)(F)F)cn3)n2)cn1. The minimum Gasteiger partial charge on any atom is -0.323 e. The number of carbonyl (C=O) groups is 1. The molecule has 3 aromatic heterocycles. The molecule has 1 amide bonds. The van der Waals surface area contributed by atoms with Crippen LogP contribution < -0.4 is 10.6 Å². The van der Waals surface area contributed by atoms with Crippen LogP contribution in [0.2, 0.25) is 0 Å². The maximum atomic E-state index is 12.2. The topological polar surface area (TPSA) is 103 Å². The third-order valence-corrected chi connectivity index (χ3v) is 3.06. The van der Waals surface area contributed by atoms with Crippen molar-refractivity contribution >= 4 is 23.2 Å². The molecule has 12 heteroatoms. The summed E-state index contributed by atoms with van der Waals surface area (Å²) in [7, 11) is 1.76. The van der Waals surface area contributed by atoms with E-state index in [-0.39, 0.29) is 11.6 Å². The van der Waals surface area contributed by atoms with Crippen molar-refractivity contribution in [2.24, 2.45) is 7.05 Å². The number of nitrogens with zero attached hydrogens (tertiary/aromatic N) is 6. The molecule has 0 aliphatic rings. The number of alkyl halides is 3. The molecule has 0 aromatic carbocycles. The van der Waals surface area contributed by atoms with E-state index in [0.29, 0.717) is 11.5 Å². The number of carbonyl (C=O) groups excluding carboxylic acids is 1. The Balaban J connectivity index is 1.71. The monoisotopic (exact) mass is 366 g/mol. The highest BCUT2D eigenvalue weighted by molar-refractivity contribution is 5.90. The summed E-state index contributed by atoms with van der Waals surface area (Å²) in [6.07, 6.45) is 1.26. The first-order valence-electron chi connectivity index (χ1n) is 7.29. The van der Waals surface area contributed by atoms with E-state index in [1.807, 2.05) is 0 Å². The lowest BCUT2D eigenvalue weighted by Crippen LogP contribution is -2.20. The standard InChI is InChI=1S/C14H13F3N8O/c1-24-7-9(5-19-24)22-13-18-3-2-11(23-13)25-8-10(6-20-25)21-12(26)4-14(15,16)17/h2-3,5-8H,4H2,1H3,(H,21,26)(H,18,22,23). The van der Waals surface area contributed by atoms with Gasteiger partial charge in [0.2, 0.25) is 11.9 Å². The van der Waals surface area contributed by atoms with Gasteiger partial charge in [0.15, 0.2) is 5.82 Å². The van der Waals surface area contributed by atoms with Crippen LogP contribution in [0, 0.1) is 0 Å². The number of nitrogens with one attached hydrogen (secondary N) is 2. The largest absolute Gasteiger partial charge is 0.397 e. The van der Waals surface area contributed by atoms with Crippen molar-refractivity contribution in [1.82, 2.24) is 29.5 Å². The second kappa shape index (κ2) is 6.82. The molecule has 0 atom stereocenters. The lowest BCUT2D eigenvalue weighted by atomic mass is 10.4. The summed E-state index contributed by atoms with van der Waals surface area (Å²) < 4.78 is 39.5. The molecular weight excluding hydrogens is 353 g/mol. The molecule has 3 aromatic rings. The zero-order valence-corrected chi connectivity index (χ0v) is 13.4. The Labute approximate surface area is 144 Å². The predicted octanol–water partition coefficient (Wildman–Crippen LogP) is 2.03. The second-order valence-corrected chi connectivity index (χ2v) is 5.28. The molecular formula is C14H13F3N8O. The van der Waals surface area contributed by atoms with Crippen molar-refractivity contribution in [3.05, 3.63) is 37.1 Å². The smallest absolute Gasteiger partial charge is 0.323 e. The molecule has 26 heavy (non-hydrogen) atoms. The van der Waals surface area contributed by atoms with Gasteiger partial charge in [0.1, 0.15) is 6.42 Å². The molecule has 0 unspecified atom stereocenters. The summed E-state index contributed by atoms with van der Waals surface area (Å²) in [5, 5.41) is 13.1. The lowest BCUT2D eigenvalue weighted by Gasteiger charge is -2.06. The van der Waals surface area contributed by atoms with Crippen LogP contribution >= 0.6 is 0 Å². The van der Waals surface area contributed by atoms with Crippen molar-refractivity contribution in [2.75, 3.05) is 10.6 Å². The molecule has 0 fully saturated rings. The molecule has 3 heterocycles. The van der Waals surface area contributed by atoms with E-state index in [2.05, 4.69) is 30.8 Å². The molecule has 0 saturated carbocycles. The number of amides is 1. The van der Waals surface area contributed by atoms with E-state index in [4.69, 9.17) is 0 Å². The van der Waals surface area contributed by atoms with Gasteiger partial charge in [-0.1, -0.05) is 0 Å². The van der Waals surface area contributed by atoms with Crippen molar-refractivity contribution in [3.63, 3.8) is 0 Å². The molecule has 9 nitrogen and oxygen atoms in total. The summed E-state index contributed by atoms with van der Waals surface area (Å²) in [4.78, 5) is 19.6. The summed E-state index contributed by atoms with van der Waals surface area (Å²) in [5.41, 5.74) is 0.810. The number of hydrogen-bond acceptors (Lipinski definition) is 6. The van der Waals surface area contributed by atoms with Crippen LogP contribution in [0.3, 0.4) is 0 Å². The van der Waals surface area contributed by atoms with E-state index in [1.165, 1.54) is 23.3 Å². The van der Waals surface area contributed by atoms with Crippen LogP contribution in [0.5, 0.6) is 0 Å². The first-order chi connectivity index (χ1) is 12.3. The van der Waals surface area contributed by atoms with E-state index >= 15 is 0 Å². The molecule has 0 aliphatic heterocycles. The molecule has 0 spiro atoms. The molecule has 2 N–H and O–H groups in total. The van der Waals surface area contributed by atoms with Gasteiger partial charge >= 0.3 is 6.18 Å². The zero-order valence-electron chi connectivity index (χ0n) is 13.4. The van der Waals surface area contributed by atoms with E-state index in [9.17, 15) is 18.0 Å². The Bertz CT molecular complexity index is 917. The Kier molecular flexibility index (Phi) is 4.56. The zero-order chi connectivity index (χ0) is 18.7. The third kappa shape index (κ3) is 4.55. The van der Waals surface area contributed by atoms with Crippen LogP contribution in [-0.4, -0.2) is 41.6 Å². The maximum absolute atomic E-state index is 12.2. The average Bonchev–Trinajstić information content (AvgIpc) is 3.15. The van der Waals surface area contributed by atoms with Gasteiger partial charge in [-0.2, -0.15) is 28.4 Å². The Morgan fingerprint density at radius 3 is 2.65 bits per heavy atom.